The summed E-state index contributed by atoms with van der Waals surface area (Å²) in [4.78, 5) is 2.12. The molecule has 0 radical (unpaired) electrons. The summed E-state index contributed by atoms with van der Waals surface area (Å²) in [6, 6.07) is 6.23. The van der Waals surface area contributed by atoms with Crippen molar-refractivity contribution in [1.29, 1.82) is 0 Å². The van der Waals surface area contributed by atoms with Crippen LogP contribution in [0.2, 0.25) is 0 Å². The Labute approximate surface area is 191 Å². The first-order chi connectivity index (χ1) is 14.9. The predicted octanol–water partition coefficient (Wildman–Crippen LogP) is 3.63. The van der Waals surface area contributed by atoms with Gasteiger partial charge in [0.05, 0.1) is 5.69 Å². The zero-order valence-corrected chi connectivity index (χ0v) is 19.9. The number of phenolic OH excluding ortho intramolecular Hbond substituents is 1. The smallest absolute Gasteiger partial charge is 0.151 e. The van der Waals surface area contributed by atoms with Gasteiger partial charge in [0.25, 0.3) is 0 Å². The number of rotatable bonds is 6. The van der Waals surface area contributed by atoms with E-state index in [-0.39, 0.29) is 39.7 Å². The zero-order chi connectivity index (χ0) is 23.7. The van der Waals surface area contributed by atoms with Crippen molar-refractivity contribution < 1.29 is 18.3 Å². The molecule has 2 aromatic rings. The van der Waals surface area contributed by atoms with Crippen LogP contribution in [0.4, 0.5) is 10.2 Å². The fourth-order valence-corrected chi connectivity index (χ4v) is 4.80. The van der Waals surface area contributed by atoms with Crippen molar-refractivity contribution in [3.8, 4) is 17.0 Å². The van der Waals surface area contributed by atoms with E-state index in [1.807, 2.05) is 13.1 Å². The van der Waals surface area contributed by atoms with Crippen LogP contribution >= 0.6 is 0 Å². The summed E-state index contributed by atoms with van der Waals surface area (Å²) in [6.07, 6.45) is 4.54. The molecule has 0 aliphatic carbocycles. The van der Waals surface area contributed by atoms with Gasteiger partial charge in [0.2, 0.25) is 0 Å². The molecule has 9 heteroatoms. The van der Waals surface area contributed by atoms with E-state index in [0.717, 1.165) is 12.8 Å². The summed E-state index contributed by atoms with van der Waals surface area (Å²) >= 11 is -2.25. The van der Waals surface area contributed by atoms with E-state index in [2.05, 4.69) is 48.1 Å². The van der Waals surface area contributed by atoms with E-state index in [0.29, 0.717) is 11.5 Å². The van der Waals surface area contributed by atoms with E-state index in [1.54, 1.807) is 6.07 Å². The quantitative estimate of drug-likeness (QED) is 0.634. The number of phenols is 1. The molecule has 2 N–H and O–H groups in total. The van der Waals surface area contributed by atoms with Crippen molar-refractivity contribution in [3.63, 3.8) is 0 Å². The molecule has 7 nitrogen and oxygen atoms in total. The molecule has 0 amide bonds. The lowest BCUT2D eigenvalue weighted by molar-refractivity contribution is 0.160. The molecular formula is C23H30FN4O3S-. The molecule has 1 saturated heterocycles. The summed E-state index contributed by atoms with van der Waals surface area (Å²) in [5.41, 5.74) is 0.655. The number of anilines is 1. The second-order valence-corrected chi connectivity index (χ2v) is 10.5. The molecule has 32 heavy (non-hydrogen) atoms. The molecule has 1 aliphatic rings. The number of halogens is 1. The molecule has 1 fully saturated rings. The minimum absolute atomic E-state index is 0.00369. The fourth-order valence-electron chi connectivity index (χ4n) is 4.55. The van der Waals surface area contributed by atoms with Crippen LogP contribution in [0.5, 0.6) is 5.75 Å². The minimum atomic E-state index is -2.25. The highest BCUT2D eigenvalue weighted by molar-refractivity contribution is 7.79. The molecule has 0 spiro atoms. The Bertz CT molecular complexity index is 1010. The summed E-state index contributed by atoms with van der Waals surface area (Å²) in [6.45, 7) is 8.78. The number of aromatic hydroxyl groups is 1. The number of benzene rings is 1. The zero-order valence-electron chi connectivity index (χ0n) is 19.1. The van der Waals surface area contributed by atoms with Crippen molar-refractivity contribution in [3.05, 3.63) is 41.7 Å². The maximum atomic E-state index is 14.5. The Balaban J connectivity index is 1.80. The Kier molecular flexibility index (Phi) is 7.02. The lowest BCUT2D eigenvalue weighted by Crippen LogP contribution is -2.62. The minimum Gasteiger partial charge on any atom is -0.772 e. The summed E-state index contributed by atoms with van der Waals surface area (Å²) in [5.74, 6) is -0.273. The van der Waals surface area contributed by atoms with Gasteiger partial charge in [-0.1, -0.05) is 23.2 Å². The maximum Gasteiger partial charge on any atom is 0.151 e. The Morgan fingerprint density at radius 1 is 1.25 bits per heavy atom. The van der Waals surface area contributed by atoms with Crippen molar-refractivity contribution in [1.82, 2.24) is 15.5 Å². The molecular weight excluding hydrogens is 431 g/mol. The van der Waals surface area contributed by atoms with Crippen molar-refractivity contribution in [2.45, 2.75) is 57.7 Å². The molecule has 1 atom stereocenters. The average Bonchev–Trinajstić information content (AvgIpc) is 2.67. The van der Waals surface area contributed by atoms with E-state index >= 15 is 0 Å². The SMILES string of the molecule is CN(c1ccc(-c2cc(F)c(/C=C/CS(=O)[O-])cc2O)nn1)C1CC(C)(C)NC(C)(C)C1. The van der Waals surface area contributed by atoms with Gasteiger partial charge >= 0.3 is 0 Å². The van der Waals surface area contributed by atoms with E-state index in [4.69, 9.17) is 0 Å². The van der Waals surface area contributed by atoms with Gasteiger partial charge in [0, 0.05) is 41.0 Å². The third-order valence-corrected chi connectivity index (χ3v) is 6.11. The maximum absolute atomic E-state index is 14.5. The lowest BCUT2D eigenvalue weighted by Gasteiger charge is -2.49. The van der Waals surface area contributed by atoms with Gasteiger partial charge in [-0.05, 0) is 64.8 Å². The van der Waals surface area contributed by atoms with Crippen molar-refractivity contribution >= 4 is 23.0 Å². The molecule has 1 aromatic carbocycles. The molecule has 1 aliphatic heterocycles. The van der Waals surface area contributed by atoms with Gasteiger partial charge in [-0.2, -0.15) is 0 Å². The number of nitrogens with zero attached hydrogens (tertiary/aromatic N) is 3. The van der Waals surface area contributed by atoms with Crippen LogP contribution < -0.4 is 10.2 Å². The topological polar surface area (TPSA) is 101 Å². The van der Waals surface area contributed by atoms with Gasteiger partial charge in [-0.25, -0.2) is 4.39 Å². The third-order valence-electron chi connectivity index (χ3n) is 5.65. The molecule has 174 valence electrons. The van der Waals surface area contributed by atoms with Crippen LogP contribution in [-0.4, -0.2) is 54.0 Å². The van der Waals surface area contributed by atoms with Crippen LogP contribution in [0.15, 0.2) is 30.3 Å². The highest BCUT2D eigenvalue weighted by atomic mass is 32.2. The van der Waals surface area contributed by atoms with Crippen LogP contribution in [0, 0.1) is 5.82 Å². The van der Waals surface area contributed by atoms with E-state index in [9.17, 15) is 18.3 Å². The lowest BCUT2D eigenvalue weighted by atomic mass is 9.79. The molecule has 1 unspecified atom stereocenters. The number of aromatic nitrogens is 2. The molecule has 0 bridgehead atoms. The second-order valence-electron chi connectivity index (χ2n) is 9.61. The van der Waals surface area contributed by atoms with Gasteiger partial charge in [0.15, 0.2) is 5.82 Å². The van der Waals surface area contributed by atoms with Gasteiger partial charge in [-0.3, -0.25) is 4.21 Å². The van der Waals surface area contributed by atoms with Crippen LogP contribution in [0.3, 0.4) is 0 Å². The highest BCUT2D eigenvalue weighted by Gasteiger charge is 2.39. The molecule has 3 rings (SSSR count). The van der Waals surface area contributed by atoms with Crippen LogP contribution in [0.1, 0.15) is 46.1 Å². The first-order valence-electron chi connectivity index (χ1n) is 10.5. The molecule has 0 saturated carbocycles. The second kappa shape index (κ2) is 9.25. The first kappa shape index (κ1) is 24.3. The summed E-state index contributed by atoms with van der Waals surface area (Å²) in [7, 11) is 2.00. The molecule has 2 heterocycles. The normalized spacial score (nSPS) is 19.2. The van der Waals surface area contributed by atoms with Gasteiger partial charge in [0.1, 0.15) is 11.6 Å². The van der Waals surface area contributed by atoms with Gasteiger partial charge in [-0.15, -0.1) is 10.2 Å². The summed E-state index contributed by atoms with van der Waals surface area (Å²) < 4.78 is 35.7. The van der Waals surface area contributed by atoms with Crippen molar-refractivity contribution in [2.75, 3.05) is 17.7 Å². The first-order valence-corrected chi connectivity index (χ1v) is 11.7. The standard InChI is InChI=1S/C23H31FN4O3S/c1-22(2)13-16(14-23(3,4)27-22)28(5)21-9-8-19(25-26-21)17-12-18(24)15(11-20(17)29)7-6-10-32(30)31/h6-9,11-12,16,27,29H,10,13-14H2,1-5H3,(H,30,31)/p-1/b7-6+. The monoisotopic (exact) mass is 461 g/mol. The van der Waals surface area contributed by atoms with E-state index in [1.165, 1.54) is 24.3 Å². The number of hydrogen-bond acceptors (Lipinski definition) is 7. The predicted molar refractivity (Wildman–Crippen MR) is 125 cm³/mol. The number of piperidine rings is 1. The Morgan fingerprint density at radius 2 is 1.91 bits per heavy atom. The van der Waals surface area contributed by atoms with Crippen LogP contribution in [0.25, 0.3) is 17.3 Å². The van der Waals surface area contributed by atoms with Crippen LogP contribution in [-0.2, 0) is 11.1 Å². The number of nitrogens with one attached hydrogen (secondary N) is 1. The highest BCUT2D eigenvalue weighted by Crippen LogP contribution is 2.34. The summed E-state index contributed by atoms with van der Waals surface area (Å²) in [5, 5.41) is 22.6. The third kappa shape index (κ3) is 5.90. The number of hydrogen-bond donors (Lipinski definition) is 2. The van der Waals surface area contributed by atoms with Gasteiger partial charge < -0.3 is 19.9 Å². The van der Waals surface area contributed by atoms with E-state index < -0.39 is 16.9 Å². The Morgan fingerprint density at radius 3 is 2.47 bits per heavy atom. The Hall–Kier alpha value is -2.36. The van der Waals surface area contributed by atoms with Crippen molar-refractivity contribution in [2.24, 2.45) is 0 Å². The largest absolute Gasteiger partial charge is 0.772 e. The average molecular weight is 462 g/mol. The fraction of sp³-hybridized carbons (Fsp3) is 0.478. The molecule has 1 aromatic heterocycles.